The number of nitrogens with one attached hydrogen (secondary N) is 1. The molecule has 3 atom stereocenters. The molecule has 0 unspecified atom stereocenters. The van der Waals surface area contributed by atoms with Crippen LogP contribution in [0.3, 0.4) is 0 Å². The van der Waals surface area contributed by atoms with Gasteiger partial charge >= 0.3 is 6.09 Å². The average molecular weight is 483 g/mol. The van der Waals surface area contributed by atoms with Gasteiger partial charge in [0.2, 0.25) is 0 Å². The highest BCUT2D eigenvalue weighted by Crippen LogP contribution is 2.35. The molecule has 0 bridgehead atoms. The molecule has 3 rings (SSSR count). The first-order valence-corrected chi connectivity index (χ1v) is 12.5. The van der Waals surface area contributed by atoms with Gasteiger partial charge in [-0.2, -0.15) is 22.7 Å². The van der Waals surface area contributed by atoms with Crippen molar-refractivity contribution >= 4 is 16.3 Å². The molecular weight excluding hydrogens is 451 g/mol. The van der Waals surface area contributed by atoms with Gasteiger partial charge in [-0.25, -0.2) is 9.18 Å². The molecule has 11 heteroatoms. The molecule has 1 aromatic rings. The minimum absolute atomic E-state index is 0.0696. The Morgan fingerprint density at radius 1 is 1.36 bits per heavy atom. The number of nitriles is 1. The maximum atomic E-state index is 13.5. The van der Waals surface area contributed by atoms with Crippen LogP contribution in [-0.2, 0) is 14.9 Å². The monoisotopic (exact) mass is 482 g/mol. The standard InChI is InChI=1S/C22H31FN4O5S/c1-15-12-20(25-33(30,31)26(2)11-10-24)21(27(15)22(28)29)14-32-19-8-6-16(7-9-19)17-4-3-5-18(23)13-17/h3-5,13,15-16,19-21,25H,6-9,11-12,14H2,1-2H3,(H,28,29)/t15-,16?,19?,20+,21+/m1/s1. The van der Waals surface area contributed by atoms with Crippen LogP contribution in [0.1, 0.15) is 50.5 Å². The van der Waals surface area contributed by atoms with Crippen LogP contribution in [0.15, 0.2) is 24.3 Å². The maximum absolute atomic E-state index is 13.5. The van der Waals surface area contributed by atoms with Crippen molar-refractivity contribution in [2.75, 3.05) is 20.2 Å². The molecule has 1 amide bonds. The van der Waals surface area contributed by atoms with Crippen molar-refractivity contribution in [3.05, 3.63) is 35.6 Å². The molecule has 9 nitrogen and oxygen atoms in total. The summed E-state index contributed by atoms with van der Waals surface area (Å²) in [5.41, 5.74) is 0.978. The minimum Gasteiger partial charge on any atom is -0.465 e. The Kier molecular flexibility index (Phi) is 8.28. The molecule has 1 heterocycles. The molecule has 0 radical (unpaired) electrons. The van der Waals surface area contributed by atoms with Crippen LogP contribution in [0.2, 0.25) is 0 Å². The second kappa shape index (κ2) is 10.8. The molecule has 2 aliphatic rings. The molecular formula is C22H31FN4O5S. The van der Waals surface area contributed by atoms with Crippen molar-refractivity contribution < 1.29 is 27.4 Å². The van der Waals surface area contributed by atoms with E-state index in [1.807, 2.05) is 6.07 Å². The summed E-state index contributed by atoms with van der Waals surface area (Å²) < 4.78 is 48.1. The molecule has 1 aliphatic carbocycles. The largest absolute Gasteiger partial charge is 0.465 e. The third kappa shape index (κ3) is 6.20. The van der Waals surface area contributed by atoms with Gasteiger partial charge in [0.25, 0.3) is 10.2 Å². The second-order valence-corrected chi connectivity index (χ2v) is 10.7. The highest BCUT2D eigenvalue weighted by Gasteiger charge is 2.44. The van der Waals surface area contributed by atoms with Crippen LogP contribution >= 0.6 is 0 Å². The van der Waals surface area contributed by atoms with Gasteiger partial charge in [0.1, 0.15) is 12.4 Å². The van der Waals surface area contributed by atoms with E-state index < -0.39 is 28.4 Å². The fraction of sp³-hybridized carbons (Fsp3) is 0.636. The Morgan fingerprint density at radius 2 is 2.06 bits per heavy atom. The molecule has 182 valence electrons. The Balaban J connectivity index is 1.61. The number of likely N-dealkylation sites (tertiary alicyclic amines) is 1. The molecule has 33 heavy (non-hydrogen) atoms. The average Bonchev–Trinajstić information content (AvgIpc) is 3.07. The zero-order chi connectivity index (χ0) is 24.2. The predicted octanol–water partition coefficient (Wildman–Crippen LogP) is 2.67. The number of halogens is 1. The van der Waals surface area contributed by atoms with E-state index in [4.69, 9.17) is 10.00 Å². The Bertz CT molecular complexity index is 977. The van der Waals surface area contributed by atoms with Crippen molar-refractivity contribution in [3.63, 3.8) is 0 Å². The third-order valence-corrected chi connectivity index (χ3v) is 8.16. The number of ether oxygens (including phenoxy) is 1. The molecule has 1 saturated carbocycles. The van der Waals surface area contributed by atoms with E-state index in [-0.39, 0.29) is 37.0 Å². The molecule has 2 N–H and O–H groups in total. The summed E-state index contributed by atoms with van der Waals surface area (Å²) in [6.07, 6.45) is 2.32. The number of amides is 1. The van der Waals surface area contributed by atoms with E-state index in [2.05, 4.69) is 4.72 Å². The second-order valence-electron chi connectivity index (χ2n) is 8.85. The lowest BCUT2D eigenvalue weighted by Crippen LogP contribution is -2.52. The number of carboxylic acid groups (broad SMARTS) is 1. The van der Waals surface area contributed by atoms with E-state index in [9.17, 15) is 22.7 Å². The summed E-state index contributed by atoms with van der Waals surface area (Å²) >= 11 is 0. The van der Waals surface area contributed by atoms with Crippen LogP contribution < -0.4 is 4.72 Å². The highest BCUT2D eigenvalue weighted by molar-refractivity contribution is 7.87. The SMILES string of the molecule is C[C@@H]1C[C@H](NS(=O)(=O)N(C)CC#N)[C@H](COC2CCC(c3cccc(F)c3)CC2)N1C(=O)O. The van der Waals surface area contributed by atoms with Crippen molar-refractivity contribution in [2.24, 2.45) is 0 Å². The van der Waals surface area contributed by atoms with Gasteiger partial charge in [0.05, 0.1) is 24.8 Å². The quantitative estimate of drug-likeness (QED) is 0.549. The van der Waals surface area contributed by atoms with Crippen molar-refractivity contribution in [1.82, 2.24) is 13.9 Å². The number of benzene rings is 1. The first-order valence-electron chi connectivity index (χ1n) is 11.1. The lowest BCUT2D eigenvalue weighted by Gasteiger charge is -2.33. The van der Waals surface area contributed by atoms with Crippen LogP contribution in [0.4, 0.5) is 9.18 Å². The number of carbonyl (C=O) groups is 1. The van der Waals surface area contributed by atoms with Gasteiger partial charge < -0.3 is 9.84 Å². The number of nitrogens with zero attached hydrogens (tertiary/aromatic N) is 3. The summed E-state index contributed by atoms with van der Waals surface area (Å²) in [6.45, 7) is 1.50. The molecule has 2 fully saturated rings. The van der Waals surface area contributed by atoms with E-state index in [1.54, 1.807) is 25.1 Å². The summed E-state index contributed by atoms with van der Waals surface area (Å²) in [5.74, 6) is 0.0155. The number of hydrogen-bond acceptors (Lipinski definition) is 5. The van der Waals surface area contributed by atoms with E-state index >= 15 is 0 Å². The highest BCUT2D eigenvalue weighted by atomic mass is 32.2. The maximum Gasteiger partial charge on any atom is 0.407 e. The lowest BCUT2D eigenvalue weighted by molar-refractivity contribution is -0.00708. The van der Waals surface area contributed by atoms with Gasteiger partial charge in [-0.15, -0.1) is 0 Å². The Labute approximate surface area is 194 Å². The molecule has 1 aliphatic heterocycles. The smallest absolute Gasteiger partial charge is 0.407 e. The van der Waals surface area contributed by atoms with Crippen LogP contribution in [0.5, 0.6) is 0 Å². The predicted molar refractivity (Wildman–Crippen MR) is 119 cm³/mol. The topological polar surface area (TPSA) is 123 Å². The zero-order valence-corrected chi connectivity index (χ0v) is 19.7. The Morgan fingerprint density at radius 3 is 2.67 bits per heavy atom. The van der Waals surface area contributed by atoms with Crippen molar-refractivity contribution in [1.29, 1.82) is 5.26 Å². The number of hydrogen-bond donors (Lipinski definition) is 2. The summed E-state index contributed by atoms with van der Waals surface area (Å²) in [7, 11) is -2.65. The van der Waals surface area contributed by atoms with Crippen LogP contribution in [-0.4, -0.2) is 73.3 Å². The fourth-order valence-electron chi connectivity index (χ4n) is 4.84. The first-order chi connectivity index (χ1) is 15.6. The molecule has 0 aromatic heterocycles. The fourth-order valence-corrected chi connectivity index (χ4v) is 5.88. The summed E-state index contributed by atoms with van der Waals surface area (Å²) in [5, 5.41) is 18.5. The van der Waals surface area contributed by atoms with Gasteiger partial charge in [-0.3, -0.25) is 4.90 Å². The molecule has 1 aromatic carbocycles. The van der Waals surface area contributed by atoms with Crippen molar-refractivity contribution in [3.8, 4) is 6.07 Å². The lowest BCUT2D eigenvalue weighted by atomic mass is 9.82. The minimum atomic E-state index is -3.94. The third-order valence-electron chi connectivity index (χ3n) is 6.61. The molecule has 0 spiro atoms. The van der Waals surface area contributed by atoms with Gasteiger partial charge in [0, 0.05) is 19.1 Å². The van der Waals surface area contributed by atoms with E-state index in [0.717, 1.165) is 35.6 Å². The van der Waals surface area contributed by atoms with Gasteiger partial charge in [-0.1, -0.05) is 12.1 Å². The van der Waals surface area contributed by atoms with E-state index in [1.165, 1.54) is 18.0 Å². The van der Waals surface area contributed by atoms with Crippen LogP contribution in [0.25, 0.3) is 0 Å². The summed E-state index contributed by atoms with van der Waals surface area (Å²) in [6, 6.07) is 6.71. The normalized spacial score (nSPS) is 28.1. The van der Waals surface area contributed by atoms with Crippen molar-refractivity contribution in [2.45, 2.75) is 69.2 Å². The molecule has 1 saturated heterocycles. The Hall–Kier alpha value is -2.26. The summed E-state index contributed by atoms with van der Waals surface area (Å²) in [4.78, 5) is 13.1. The van der Waals surface area contributed by atoms with Crippen LogP contribution in [0, 0.1) is 17.1 Å². The first kappa shape index (κ1) is 25.4. The zero-order valence-electron chi connectivity index (χ0n) is 18.9. The van der Waals surface area contributed by atoms with Gasteiger partial charge in [0.15, 0.2) is 0 Å². The van der Waals surface area contributed by atoms with E-state index in [0.29, 0.717) is 6.42 Å². The van der Waals surface area contributed by atoms with Gasteiger partial charge in [-0.05, 0) is 62.6 Å². The number of rotatable bonds is 8.